The second-order valence-corrected chi connectivity index (χ2v) is 7.77. The van der Waals surface area contributed by atoms with Gasteiger partial charge in [0.05, 0.1) is 24.2 Å². The smallest absolute Gasteiger partial charge is 0.321 e. The molecule has 2 rings (SSSR count). The maximum Gasteiger partial charge on any atom is 0.321 e. The number of hydrogen-bond donors (Lipinski definition) is 4. The van der Waals surface area contributed by atoms with Crippen LogP contribution in [-0.4, -0.2) is 109 Å². The number of pyridine rings is 1. The fraction of sp³-hybridized carbons (Fsp3) is 0.550. The van der Waals surface area contributed by atoms with Gasteiger partial charge in [-0.1, -0.05) is 6.07 Å². The van der Waals surface area contributed by atoms with Gasteiger partial charge in [-0.15, -0.1) is 0 Å². The molecule has 32 heavy (non-hydrogen) atoms. The Hall–Kier alpha value is -3.09. The molecule has 1 aliphatic rings. The van der Waals surface area contributed by atoms with E-state index in [2.05, 4.69) is 4.98 Å². The largest absolute Gasteiger partial charge is 0.481 e. The van der Waals surface area contributed by atoms with E-state index in [1.54, 1.807) is 35.0 Å². The zero-order valence-corrected chi connectivity index (χ0v) is 17.8. The Balaban J connectivity index is 2.36. The van der Waals surface area contributed by atoms with Gasteiger partial charge in [0.25, 0.3) is 0 Å². The monoisotopic (exact) mass is 452 g/mol. The first-order valence-corrected chi connectivity index (χ1v) is 10.1. The molecular weight excluding hydrogens is 424 g/mol. The van der Waals surface area contributed by atoms with E-state index in [4.69, 9.17) is 10.2 Å². The summed E-state index contributed by atoms with van der Waals surface area (Å²) in [5.74, 6) is -4.90. The number of likely N-dealkylation sites (N-methyl/N-ethyl adjacent to an activating group) is 1. The first-order valence-electron chi connectivity index (χ1n) is 10.1. The topological polar surface area (TPSA) is 172 Å². The van der Waals surface area contributed by atoms with Crippen molar-refractivity contribution >= 4 is 23.9 Å². The molecule has 0 aromatic carbocycles. The molecule has 1 aromatic rings. The molecule has 1 aromatic heterocycles. The predicted molar refractivity (Wildman–Crippen MR) is 110 cm³/mol. The minimum Gasteiger partial charge on any atom is -0.481 e. The van der Waals surface area contributed by atoms with Crippen molar-refractivity contribution in [1.29, 1.82) is 0 Å². The summed E-state index contributed by atoms with van der Waals surface area (Å²) in [4.78, 5) is 55.3. The molecule has 0 fully saturated rings. The lowest BCUT2D eigenvalue weighted by molar-refractivity contribution is -0.150. The van der Waals surface area contributed by atoms with Crippen molar-refractivity contribution in [3.8, 4) is 0 Å². The molecular formula is C20H28N4O8. The van der Waals surface area contributed by atoms with Gasteiger partial charge in [0.1, 0.15) is 12.1 Å². The maximum atomic E-state index is 11.7. The van der Waals surface area contributed by atoms with Crippen LogP contribution in [0.5, 0.6) is 0 Å². The quantitative estimate of drug-likeness (QED) is 0.398. The van der Waals surface area contributed by atoms with E-state index in [1.807, 2.05) is 4.90 Å². The van der Waals surface area contributed by atoms with Crippen LogP contribution in [0.15, 0.2) is 18.2 Å². The fourth-order valence-electron chi connectivity index (χ4n) is 3.60. The van der Waals surface area contributed by atoms with Crippen LogP contribution in [0.4, 0.5) is 0 Å². The van der Waals surface area contributed by atoms with Crippen molar-refractivity contribution in [3.63, 3.8) is 0 Å². The average Bonchev–Trinajstić information content (AvgIpc) is 2.69. The second kappa shape index (κ2) is 11.5. The van der Waals surface area contributed by atoms with Gasteiger partial charge in [0.15, 0.2) is 0 Å². The Morgan fingerprint density at radius 3 is 1.56 bits per heavy atom. The summed E-state index contributed by atoms with van der Waals surface area (Å²) in [6.07, 6.45) is -1.11. The normalized spacial score (nSPS) is 18.7. The minimum atomic E-state index is -1.23. The van der Waals surface area contributed by atoms with Gasteiger partial charge < -0.3 is 25.3 Å². The van der Waals surface area contributed by atoms with E-state index in [1.165, 1.54) is 0 Å². The van der Waals surface area contributed by atoms with Crippen molar-refractivity contribution in [1.82, 2.24) is 19.7 Å². The number of carbonyl (C=O) groups is 4. The summed E-state index contributed by atoms with van der Waals surface area (Å²) < 4.78 is 0. The van der Waals surface area contributed by atoms with Crippen LogP contribution in [0.2, 0.25) is 0 Å². The summed E-state index contributed by atoms with van der Waals surface area (Å²) in [6.45, 7) is 1.50. The number of aromatic nitrogens is 1. The number of carboxylic acid groups (broad SMARTS) is 4. The molecule has 1 aliphatic heterocycles. The van der Waals surface area contributed by atoms with Gasteiger partial charge in [0, 0.05) is 39.3 Å². The zero-order valence-electron chi connectivity index (χ0n) is 17.8. The van der Waals surface area contributed by atoms with E-state index >= 15 is 0 Å². The number of rotatable bonds is 8. The standard InChI is InChI=1S/C20H28N4O8/c1-22-5-7-23(15(19(29)30)9-17(25)26)11-13-3-2-4-14(21-13)12-24(8-6-22)16(20(31)32)10-18(27)28/h2-4,15-16H,5-12H2,1H3,(H,25,26)(H,27,28)(H,29,30)(H,31,32). The highest BCUT2D eigenvalue weighted by atomic mass is 16.4. The Morgan fingerprint density at radius 1 is 0.812 bits per heavy atom. The first-order chi connectivity index (χ1) is 15.1. The third-order valence-electron chi connectivity index (χ3n) is 5.32. The van der Waals surface area contributed by atoms with Gasteiger partial charge in [0.2, 0.25) is 0 Å². The van der Waals surface area contributed by atoms with Gasteiger partial charge in [-0.2, -0.15) is 0 Å². The molecule has 2 atom stereocenters. The number of carboxylic acids is 4. The van der Waals surface area contributed by atoms with Crippen LogP contribution in [0.1, 0.15) is 24.2 Å². The molecule has 0 aliphatic carbocycles. The summed E-state index contributed by atoms with van der Waals surface area (Å²) in [6, 6.07) is 2.62. The highest BCUT2D eigenvalue weighted by molar-refractivity contribution is 5.81. The summed E-state index contributed by atoms with van der Waals surface area (Å²) in [5.41, 5.74) is 1.01. The van der Waals surface area contributed by atoms with Crippen LogP contribution in [-0.2, 0) is 32.3 Å². The fourth-order valence-corrected chi connectivity index (χ4v) is 3.60. The Labute approximate surface area is 184 Å². The van der Waals surface area contributed by atoms with Crippen molar-refractivity contribution in [2.75, 3.05) is 33.2 Å². The van der Waals surface area contributed by atoms with Crippen LogP contribution in [0.3, 0.4) is 0 Å². The van der Waals surface area contributed by atoms with Crippen molar-refractivity contribution in [2.45, 2.75) is 38.0 Å². The summed E-state index contributed by atoms with van der Waals surface area (Å²) >= 11 is 0. The molecule has 0 spiro atoms. The average molecular weight is 452 g/mol. The lowest BCUT2D eigenvalue weighted by atomic mass is 10.1. The Bertz CT molecular complexity index is 785. The second-order valence-electron chi connectivity index (χ2n) is 7.77. The molecule has 0 radical (unpaired) electrons. The van der Waals surface area contributed by atoms with E-state index in [-0.39, 0.29) is 26.2 Å². The number of nitrogens with zero attached hydrogens (tertiary/aromatic N) is 4. The van der Waals surface area contributed by atoms with E-state index < -0.39 is 48.8 Å². The van der Waals surface area contributed by atoms with E-state index in [9.17, 15) is 29.4 Å². The van der Waals surface area contributed by atoms with E-state index in [0.717, 1.165) is 0 Å². The molecule has 12 nitrogen and oxygen atoms in total. The third kappa shape index (κ3) is 7.55. The highest BCUT2D eigenvalue weighted by Gasteiger charge is 2.31. The molecule has 2 unspecified atom stereocenters. The van der Waals surface area contributed by atoms with Crippen molar-refractivity contribution < 1.29 is 39.6 Å². The van der Waals surface area contributed by atoms with Crippen LogP contribution in [0, 0.1) is 0 Å². The SMILES string of the molecule is CN1CCN(C(CC(=O)O)C(=O)O)Cc2cccc(n2)CN(C(CC(=O)O)C(=O)O)CC1. The van der Waals surface area contributed by atoms with Gasteiger partial charge in [-0.3, -0.25) is 34.0 Å². The first kappa shape index (κ1) is 25.2. The van der Waals surface area contributed by atoms with Gasteiger partial charge in [-0.05, 0) is 19.2 Å². The molecule has 0 amide bonds. The zero-order chi connectivity index (χ0) is 23.8. The molecule has 2 bridgehead atoms. The number of aliphatic carboxylic acids is 4. The van der Waals surface area contributed by atoms with Crippen molar-refractivity contribution in [3.05, 3.63) is 29.6 Å². The molecule has 4 N–H and O–H groups in total. The van der Waals surface area contributed by atoms with Gasteiger partial charge in [-0.25, -0.2) is 0 Å². The number of hydrogen-bond acceptors (Lipinski definition) is 8. The Morgan fingerprint density at radius 2 is 1.22 bits per heavy atom. The molecule has 12 heteroatoms. The molecule has 176 valence electrons. The van der Waals surface area contributed by atoms with Gasteiger partial charge >= 0.3 is 23.9 Å². The number of fused-ring (bicyclic) bond motifs is 2. The van der Waals surface area contributed by atoms with Crippen LogP contribution >= 0.6 is 0 Å². The van der Waals surface area contributed by atoms with Crippen molar-refractivity contribution in [2.24, 2.45) is 0 Å². The minimum absolute atomic E-state index is 0.101. The molecule has 0 saturated carbocycles. The highest BCUT2D eigenvalue weighted by Crippen LogP contribution is 2.15. The summed E-state index contributed by atoms with van der Waals surface area (Å²) in [5, 5.41) is 37.4. The predicted octanol–water partition coefficient (Wildman–Crippen LogP) is -0.513. The third-order valence-corrected chi connectivity index (χ3v) is 5.32. The van der Waals surface area contributed by atoms with Crippen LogP contribution in [0.25, 0.3) is 0 Å². The molecule has 2 heterocycles. The Kier molecular flexibility index (Phi) is 9.05. The maximum absolute atomic E-state index is 11.7. The lowest BCUT2D eigenvalue weighted by Crippen LogP contribution is -2.48. The lowest BCUT2D eigenvalue weighted by Gasteiger charge is -2.33. The van der Waals surface area contributed by atoms with Crippen LogP contribution < -0.4 is 0 Å². The summed E-state index contributed by atoms with van der Waals surface area (Å²) in [7, 11) is 1.78. The molecule has 0 saturated heterocycles. The van der Waals surface area contributed by atoms with E-state index in [0.29, 0.717) is 24.5 Å².